The molecular weight excluding hydrogens is 264 g/mol. The molecule has 0 aliphatic carbocycles. The van der Waals surface area contributed by atoms with Crippen LogP contribution in [0.25, 0.3) is 0 Å². The van der Waals surface area contributed by atoms with Crippen molar-refractivity contribution in [3.8, 4) is 0 Å². The standard InChI is InChI=1S/C16H20N4O/c1-3-18-15-11-17-10-14(20-15)16(21)19-8-7-13-6-4-5-12(2)9-13/h4-6,9-11H,3,7-8H2,1-2H3,(H,18,20)(H,19,21). The van der Waals surface area contributed by atoms with Gasteiger partial charge in [-0.25, -0.2) is 4.98 Å². The SMILES string of the molecule is CCNc1cncc(C(=O)NCCc2cccc(C)c2)n1. The van der Waals surface area contributed by atoms with Gasteiger partial charge in [0.25, 0.3) is 5.91 Å². The van der Waals surface area contributed by atoms with Crippen LogP contribution in [0.4, 0.5) is 5.82 Å². The van der Waals surface area contributed by atoms with Gasteiger partial charge in [0.2, 0.25) is 0 Å². The van der Waals surface area contributed by atoms with Gasteiger partial charge in [-0.2, -0.15) is 0 Å². The van der Waals surface area contributed by atoms with Crippen LogP contribution in [-0.4, -0.2) is 29.0 Å². The Bertz CT molecular complexity index is 613. The summed E-state index contributed by atoms with van der Waals surface area (Å²) in [6, 6.07) is 8.27. The first-order chi connectivity index (χ1) is 10.2. The van der Waals surface area contributed by atoms with Crippen LogP contribution in [0.3, 0.4) is 0 Å². The molecular formula is C16H20N4O. The number of carbonyl (C=O) groups excluding carboxylic acids is 1. The molecule has 2 aromatic rings. The Balaban J connectivity index is 1.88. The van der Waals surface area contributed by atoms with Gasteiger partial charge in [0.1, 0.15) is 11.5 Å². The van der Waals surface area contributed by atoms with Gasteiger partial charge in [-0.05, 0) is 25.8 Å². The fourth-order valence-electron chi connectivity index (χ4n) is 2.02. The monoisotopic (exact) mass is 284 g/mol. The lowest BCUT2D eigenvalue weighted by Crippen LogP contribution is -2.27. The number of anilines is 1. The van der Waals surface area contributed by atoms with Gasteiger partial charge in [0.15, 0.2) is 0 Å². The Morgan fingerprint density at radius 3 is 2.90 bits per heavy atom. The molecule has 0 aliphatic heterocycles. The molecule has 0 bridgehead atoms. The van der Waals surface area contributed by atoms with Gasteiger partial charge in [-0.1, -0.05) is 29.8 Å². The van der Waals surface area contributed by atoms with E-state index in [0.29, 0.717) is 18.1 Å². The summed E-state index contributed by atoms with van der Waals surface area (Å²) in [4.78, 5) is 20.2. The van der Waals surface area contributed by atoms with Crippen molar-refractivity contribution in [2.45, 2.75) is 20.3 Å². The van der Waals surface area contributed by atoms with Crippen molar-refractivity contribution in [3.05, 3.63) is 53.5 Å². The molecule has 1 aromatic heterocycles. The highest BCUT2D eigenvalue weighted by Crippen LogP contribution is 2.05. The molecule has 2 rings (SSSR count). The Hall–Kier alpha value is -2.43. The van der Waals surface area contributed by atoms with Crippen LogP contribution in [0.5, 0.6) is 0 Å². The number of aryl methyl sites for hydroxylation is 1. The first-order valence-corrected chi connectivity index (χ1v) is 7.08. The second-order valence-electron chi connectivity index (χ2n) is 4.81. The first-order valence-electron chi connectivity index (χ1n) is 7.08. The minimum Gasteiger partial charge on any atom is -0.369 e. The maximum Gasteiger partial charge on any atom is 0.271 e. The lowest BCUT2D eigenvalue weighted by molar-refractivity contribution is 0.0949. The van der Waals surface area contributed by atoms with E-state index in [-0.39, 0.29) is 5.91 Å². The minimum absolute atomic E-state index is 0.199. The van der Waals surface area contributed by atoms with Gasteiger partial charge in [-0.15, -0.1) is 0 Å². The average molecular weight is 284 g/mol. The number of amides is 1. The molecule has 21 heavy (non-hydrogen) atoms. The summed E-state index contributed by atoms with van der Waals surface area (Å²) < 4.78 is 0. The van der Waals surface area contributed by atoms with Crippen LogP contribution in [0.1, 0.15) is 28.5 Å². The highest BCUT2D eigenvalue weighted by Gasteiger charge is 2.08. The Morgan fingerprint density at radius 2 is 2.14 bits per heavy atom. The van der Waals surface area contributed by atoms with E-state index in [4.69, 9.17) is 0 Å². The van der Waals surface area contributed by atoms with E-state index in [9.17, 15) is 4.79 Å². The molecule has 1 amide bonds. The number of hydrogen-bond donors (Lipinski definition) is 2. The average Bonchev–Trinajstić information content (AvgIpc) is 2.48. The van der Waals surface area contributed by atoms with Crippen LogP contribution in [0, 0.1) is 6.92 Å². The summed E-state index contributed by atoms with van der Waals surface area (Å²) in [6.45, 7) is 5.35. The molecule has 5 heteroatoms. The van der Waals surface area contributed by atoms with Gasteiger partial charge in [-0.3, -0.25) is 9.78 Å². The third kappa shape index (κ3) is 4.56. The van der Waals surface area contributed by atoms with Crippen molar-refractivity contribution in [2.24, 2.45) is 0 Å². The van der Waals surface area contributed by atoms with Crippen molar-refractivity contribution in [2.75, 3.05) is 18.4 Å². The van der Waals surface area contributed by atoms with E-state index in [2.05, 4.69) is 45.7 Å². The molecule has 1 heterocycles. The molecule has 110 valence electrons. The maximum atomic E-state index is 12.0. The predicted molar refractivity (Wildman–Crippen MR) is 83.4 cm³/mol. The number of hydrogen-bond acceptors (Lipinski definition) is 4. The Morgan fingerprint density at radius 1 is 1.29 bits per heavy atom. The lowest BCUT2D eigenvalue weighted by Gasteiger charge is -2.07. The van der Waals surface area contributed by atoms with Crippen molar-refractivity contribution in [1.29, 1.82) is 0 Å². The van der Waals surface area contributed by atoms with Crippen LogP contribution in [0.15, 0.2) is 36.7 Å². The number of nitrogens with zero attached hydrogens (tertiary/aromatic N) is 2. The molecule has 0 spiro atoms. The molecule has 0 unspecified atom stereocenters. The molecule has 0 aliphatic rings. The van der Waals surface area contributed by atoms with E-state index < -0.39 is 0 Å². The zero-order valence-electron chi connectivity index (χ0n) is 12.4. The third-order valence-electron chi connectivity index (χ3n) is 3.01. The second kappa shape index (κ2) is 7.38. The highest BCUT2D eigenvalue weighted by molar-refractivity contribution is 5.92. The number of carbonyl (C=O) groups is 1. The number of nitrogens with one attached hydrogen (secondary N) is 2. The van der Waals surface area contributed by atoms with Gasteiger partial charge in [0, 0.05) is 13.1 Å². The molecule has 2 N–H and O–H groups in total. The van der Waals surface area contributed by atoms with Crippen LogP contribution in [0.2, 0.25) is 0 Å². The molecule has 0 saturated heterocycles. The van der Waals surface area contributed by atoms with Crippen molar-refractivity contribution < 1.29 is 4.79 Å². The number of benzene rings is 1. The smallest absolute Gasteiger partial charge is 0.271 e. The Kier molecular flexibility index (Phi) is 5.26. The summed E-state index contributed by atoms with van der Waals surface area (Å²) in [5.41, 5.74) is 2.77. The summed E-state index contributed by atoms with van der Waals surface area (Å²) in [6.07, 6.45) is 3.88. The Labute approximate surface area is 124 Å². The molecule has 0 atom stereocenters. The van der Waals surface area contributed by atoms with Crippen molar-refractivity contribution in [3.63, 3.8) is 0 Å². The van der Waals surface area contributed by atoms with Gasteiger partial charge >= 0.3 is 0 Å². The minimum atomic E-state index is -0.199. The van der Waals surface area contributed by atoms with E-state index in [1.54, 1.807) is 6.20 Å². The fourth-order valence-corrected chi connectivity index (χ4v) is 2.02. The quantitative estimate of drug-likeness (QED) is 0.853. The summed E-state index contributed by atoms with van der Waals surface area (Å²) >= 11 is 0. The summed E-state index contributed by atoms with van der Waals surface area (Å²) in [7, 11) is 0. The summed E-state index contributed by atoms with van der Waals surface area (Å²) in [5, 5.41) is 5.90. The zero-order chi connectivity index (χ0) is 15.1. The maximum absolute atomic E-state index is 12.0. The highest BCUT2D eigenvalue weighted by atomic mass is 16.1. The molecule has 5 nitrogen and oxygen atoms in total. The predicted octanol–water partition coefficient (Wildman–Crippen LogP) is 2.19. The van der Waals surface area contributed by atoms with Crippen LogP contribution >= 0.6 is 0 Å². The fraction of sp³-hybridized carbons (Fsp3) is 0.312. The van der Waals surface area contributed by atoms with E-state index in [1.165, 1.54) is 17.3 Å². The largest absolute Gasteiger partial charge is 0.369 e. The first kappa shape index (κ1) is 15.0. The van der Waals surface area contributed by atoms with Crippen molar-refractivity contribution in [1.82, 2.24) is 15.3 Å². The van der Waals surface area contributed by atoms with Gasteiger partial charge in [0.05, 0.1) is 12.4 Å². The normalized spacial score (nSPS) is 10.2. The van der Waals surface area contributed by atoms with E-state index in [1.807, 2.05) is 13.0 Å². The van der Waals surface area contributed by atoms with Crippen LogP contribution in [-0.2, 0) is 6.42 Å². The van der Waals surface area contributed by atoms with Gasteiger partial charge < -0.3 is 10.6 Å². The zero-order valence-corrected chi connectivity index (χ0v) is 12.4. The topological polar surface area (TPSA) is 66.9 Å². The number of rotatable bonds is 6. The van der Waals surface area contributed by atoms with Crippen LogP contribution < -0.4 is 10.6 Å². The van der Waals surface area contributed by atoms with E-state index in [0.717, 1.165) is 13.0 Å². The third-order valence-corrected chi connectivity index (χ3v) is 3.01. The second-order valence-corrected chi connectivity index (χ2v) is 4.81. The summed E-state index contributed by atoms with van der Waals surface area (Å²) in [5.74, 6) is 0.416. The molecule has 0 fully saturated rings. The van der Waals surface area contributed by atoms with E-state index >= 15 is 0 Å². The molecule has 1 aromatic carbocycles. The van der Waals surface area contributed by atoms with Crippen molar-refractivity contribution >= 4 is 11.7 Å². The molecule has 0 saturated carbocycles. The molecule has 0 radical (unpaired) electrons. The number of aromatic nitrogens is 2. The lowest BCUT2D eigenvalue weighted by atomic mass is 10.1.